The minimum absolute atomic E-state index is 0.126. The maximum Gasteiger partial charge on any atom is 0.355 e. The first-order valence-corrected chi connectivity index (χ1v) is 6.60. The van der Waals surface area contributed by atoms with Gasteiger partial charge in [-0.25, -0.2) is 4.79 Å². The summed E-state index contributed by atoms with van der Waals surface area (Å²) in [5, 5.41) is 15.4. The second-order valence-corrected chi connectivity index (χ2v) is 5.09. The Labute approximate surface area is 127 Å². The van der Waals surface area contributed by atoms with Crippen LogP contribution in [0, 0.1) is 0 Å². The van der Waals surface area contributed by atoms with Crippen molar-refractivity contribution in [2.75, 3.05) is 11.9 Å². The Kier molecular flexibility index (Phi) is 4.10. The smallest absolute Gasteiger partial charge is 0.355 e. The second kappa shape index (κ2) is 5.64. The maximum atomic E-state index is 12.3. The van der Waals surface area contributed by atoms with Crippen molar-refractivity contribution in [1.82, 2.24) is 10.2 Å². The van der Waals surface area contributed by atoms with Gasteiger partial charge in [-0.2, -0.15) is 5.10 Å². The highest BCUT2D eigenvalue weighted by molar-refractivity contribution is 9.10. The molecule has 0 fully saturated rings. The molecule has 0 aliphatic heterocycles. The van der Waals surface area contributed by atoms with E-state index >= 15 is 0 Å². The molecular weight excluding hydrogens is 350 g/mol. The average molecular weight is 359 g/mol. The predicted octanol–water partition coefficient (Wildman–Crippen LogP) is 2.80. The summed E-state index contributed by atoms with van der Waals surface area (Å²) in [5.41, 5.74) is 0.183. The summed E-state index contributed by atoms with van der Waals surface area (Å²) in [6, 6.07) is 6.59. The van der Waals surface area contributed by atoms with Gasteiger partial charge in [0.2, 0.25) is 0 Å². The molecule has 0 radical (unpaired) electrons. The molecule has 1 aromatic heterocycles. The van der Waals surface area contributed by atoms with Crippen LogP contribution in [0.3, 0.4) is 0 Å². The first-order chi connectivity index (χ1) is 9.43. The van der Waals surface area contributed by atoms with Gasteiger partial charge in [0.15, 0.2) is 11.5 Å². The molecule has 0 bridgehead atoms. The highest BCUT2D eigenvalue weighted by Crippen LogP contribution is 2.28. The van der Waals surface area contributed by atoms with Crippen LogP contribution in [-0.2, 0) is 0 Å². The number of benzene rings is 1. The van der Waals surface area contributed by atoms with Crippen LogP contribution >= 0.6 is 27.5 Å². The second-order valence-electron chi connectivity index (χ2n) is 3.89. The van der Waals surface area contributed by atoms with E-state index in [1.165, 1.54) is 11.9 Å². The standard InChI is InChI=1S/C12H9BrClN3O3/c1-17(10-8(13)9(12(19)20)15-16-10)11(18)6-4-2-3-5-7(6)14/h2-5H,1H3,(H,15,16)(H,19,20). The predicted molar refractivity (Wildman–Crippen MR) is 77.4 cm³/mol. The van der Waals surface area contributed by atoms with Crippen LogP contribution < -0.4 is 4.90 Å². The molecule has 2 N–H and O–H groups in total. The fourth-order valence-electron chi connectivity index (χ4n) is 1.59. The number of anilines is 1. The number of aromatic amines is 1. The van der Waals surface area contributed by atoms with Crippen molar-refractivity contribution in [2.45, 2.75) is 0 Å². The molecule has 0 spiro atoms. The summed E-state index contributed by atoms with van der Waals surface area (Å²) in [4.78, 5) is 24.5. The zero-order chi connectivity index (χ0) is 14.9. The molecule has 0 saturated heterocycles. The highest BCUT2D eigenvalue weighted by Gasteiger charge is 2.24. The van der Waals surface area contributed by atoms with Gasteiger partial charge in [0.05, 0.1) is 15.1 Å². The van der Waals surface area contributed by atoms with Crippen LogP contribution in [0.15, 0.2) is 28.7 Å². The van der Waals surface area contributed by atoms with Gasteiger partial charge >= 0.3 is 5.97 Å². The minimum atomic E-state index is -1.17. The largest absolute Gasteiger partial charge is 0.476 e. The lowest BCUT2D eigenvalue weighted by Crippen LogP contribution is -2.27. The molecule has 6 nitrogen and oxygen atoms in total. The lowest BCUT2D eigenvalue weighted by atomic mass is 10.2. The third-order valence-corrected chi connectivity index (χ3v) is 3.71. The number of nitrogens with zero attached hydrogens (tertiary/aromatic N) is 2. The zero-order valence-electron chi connectivity index (χ0n) is 10.2. The number of carbonyl (C=O) groups excluding carboxylic acids is 1. The number of halogens is 2. The molecule has 1 aromatic carbocycles. The summed E-state index contributed by atoms with van der Waals surface area (Å²) in [6.45, 7) is 0. The van der Waals surface area contributed by atoms with E-state index in [-0.39, 0.29) is 21.9 Å². The Bertz CT molecular complexity index is 686. The number of H-pyrrole nitrogens is 1. The average Bonchev–Trinajstić information content (AvgIpc) is 2.79. The third kappa shape index (κ3) is 2.54. The van der Waals surface area contributed by atoms with Crippen LogP contribution in [-0.4, -0.2) is 34.2 Å². The molecular formula is C12H9BrClN3O3. The monoisotopic (exact) mass is 357 g/mol. The maximum absolute atomic E-state index is 12.3. The molecule has 0 aliphatic rings. The molecule has 0 aliphatic carbocycles. The first-order valence-electron chi connectivity index (χ1n) is 5.43. The van der Waals surface area contributed by atoms with Crippen LogP contribution in [0.1, 0.15) is 20.8 Å². The normalized spacial score (nSPS) is 10.3. The van der Waals surface area contributed by atoms with Crippen LogP contribution in [0.5, 0.6) is 0 Å². The number of carboxylic acids is 1. The van der Waals surface area contributed by atoms with Crippen molar-refractivity contribution in [2.24, 2.45) is 0 Å². The minimum Gasteiger partial charge on any atom is -0.476 e. The highest BCUT2D eigenvalue weighted by atomic mass is 79.9. The number of carbonyl (C=O) groups is 2. The Morgan fingerprint density at radius 2 is 2.05 bits per heavy atom. The van der Waals surface area contributed by atoms with E-state index in [0.717, 1.165) is 0 Å². The third-order valence-electron chi connectivity index (χ3n) is 2.63. The Balaban J connectivity index is 2.37. The first kappa shape index (κ1) is 14.5. The summed E-state index contributed by atoms with van der Waals surface area (Å²) in [7, 11) is 1.48. The van der Waals surface area contributed by atoms with E-state index in [1.807, 2.05) is 0 Å². The lowest BCUT2D eigenvalue weighted by Gasteiger charge is -2.15. The van der Waals surface area contributed by atoms with E-state index in [1.54, 1.807) is 24.3 Å². The van der Waals surface area contributed by atoms with Gasteiger partial charge in [-0.1, -0.05) is 23.7 Å². The summed E-state index contributed by atoms with van der Waals surface area (Å²) in [5.74, 6) is -1.39. The van der Waals surface area contributed by atoms with Crippen LogP contribution in [0.25, 0.3) is 0 Å². The van der Waals surface area contributed by atoms with Crippen molar-refractivity contribution in [3.8, 4) is 0 Å². The van der Waals surface area contributed by atoms with Gasteiger partial charge in [0, 0.05) is 7.05 Å². The fraction of sp³-hybridized carbons (Fsp3) is 0.0833. The molecule has 0 unspecified atom stereocenters. The molecule has 2 aromatic rings. The number of aromatic carboxylic acids is 1. The van der Waals surface area contributed by atoms with E-state index in [4.69, 9.17) is 16.7 Å². The van der Waals surface area contributed by atoms with Gasteiger partial charge in [-0.15, -0.1) is 0 Å². The van der Waals surface area contributed by atoms with Crippen LogP contribution in [0.4, 0.5) is 5.82 Å². The van der Waals surface area contributed by atoms with Gasteiger partial charge in [0.1, 0.15) is 0 Å². The Hall–Kier alpha value is -1.86. The van der Waals surface area contributed by atoms with E-state index in [9.17, 15) is 9.59 Å². The molecule has 20 heavy (non-hydrogen) atoms. The number of rotatable bonds is 3. The van der Waals surface area contributed by atoms with Crippen molar-refractivity contribution >= 4 is 45.2 Å². The molecule has 2 rings (SSSR count). The molecule has 0 saturated carbocycles. The fourth-order valence-corrected chi connectivity index (χ4v) is 2.42. The SMILES string of the molecule is CN(C(=O)c1ccccc1Cl)c1n[nH]c(C(=O)O)c1Br. The Morgan fingerprint density at radius 3 is 2.60 bits per heavy atom. The number of hydrogen-bond acceptors (Lipinski definition) is 3. The number of amides is 1. The summed E-state index contributed by atoms with van der Waals surface area (Å²) >= 11 is 9.07. The number of nitrogens with one attached hydrogen (secondary N) is 1. The molecule has 0 atom stereocenters. The Morgan fingerprint density at radius 1 is 1.40 bits per heavy atom. The number of hydrogen-bond donors (Lipinski definition) is 2. The van der Waals surface area contributed by atoms with Crippen LogP contribution in [0.2, 0.25) is 5.02 Å². The quantitative estimate of drug-likeness (QED) is 0.883. The molecule has 1 amide bonds. The molecule has 104 valence electrons. The van der Waals surface area contributed by atoms with Gasteiger partial charge in [0.25, 0.3) is 5.91 Å². The van der Waals surface area contributed by atoms with Crippen molar-refractivity contribution in [1.29, 1.82) is 0 Å². The molecule has 8 heteroatoms. The van der Waals surface area contributed by atoms with E-state index in [0.29, 0.717) is 10.6 Å². The number of aromatic nitrogens is 2. The van der Waals surface area contributed by atoms with Gasteiger partial charge < -0.3 is 5.11 Å². The van der Waals surface area contributed by atoms with Gasteiger partial charge in [-0.05, 0) is 28.1 Å². The summed E-state index contributed by atoms with van der Waals surface area (Å²) < 4.78 is 0.202. The van der Waals surface area contributed by atoms with Gasteiger partial charge in [-0.3, -0.25) is 14.8 Å². The summed E-state index contributed by atoms with van der Waals surface area (Å²) in [6.07, 6.45) is 0. The lowest BCUT2D eigenvalue weighted by molar-refractivity contribution is 0.0689. The molecule has 1 heterocycles. The topological polar surface area (TPSA) is 86.3 Å². The van der Waals surface area contributed by atoms with Crippen molar-refractivity contribution in [3.05, 3.63) is 45.0 Å². The van der Waals surface area contributed by atoms with Crippen molar-refractivity contribution < 1.29 is 14.7 Å². The van der Waals surface area contributed by atoms with E-state index in [2.05, 4.69) is 26.1 Å². The number of carboxylic acid groups (broad SMARTS) is 1. The van der Waals surface area contributed by atoms with Crippen molar-refractivity contribution in [3.63, 3.8) is 0 Å². The zero-order valence-corrected chi connectivity index (χ0v) is 12.6. The van der Waals surface area contributed by atoms with E-state index < -0.39 is 5.97 Å².